The van der Waals surface area contributed by atoms with Gasteiger partial charge in [-0.1, -0.05) is 52.9 Å². The van der Waals surface area contributed by atoms with E-state index in [1.165, 1.54) is 24.7 Å². The monoisotopic (exact) mass is 217 g/mol. The summed E-state index contributed by atoms with van der Waals surface area (Å²) in [7, 11) is -1.57. The summed E-state index contributed by atoms with van der Waals surface area (Å²) in [4.78, 5) is 0. The molecule has 0 aliphatic rings. The quantitative estimate of drug-likeness (QED) is 0.617. The Kier molecular flexibility index (Phi) is 6.17. The standard InChI is InChI=1S/C10H27NSi2/c1-7-11(12(8-2)9-3)13(5,6)10-4/h12H,7-10H2,1-6H3. The minimum absolute atomic E-state index is 0.555. The van der Waals surface area contributed by atoms with E-state index in [-0.39, 0.29) is 0 Å². The molecule has 0 aromatic heterocycles. The van der Waals surface area contributed by atoms with Gasteiger partial charge in [0.25, 0.3) is 0 Å². The highest BCUT2D eigenvalue weighted by molar-refractivity contribution is 6.83. The van der Waals surface area contributed by atoms with Crippen LogP contribution in [0, 0.1) is 0 Å². The van der Waals surface area contributed by atoms with E-state index in [9.17, 15) is 0 Å². The van der Waals surface area contributed by atoms with Crippen LogP contribution in [0.25, 0.3) is 0 Å². The molecule has 80 valence electrons. The minimum atomic E-state index is -1.02. The molecule has 0 saturated heterocycles. The zero-order chi connectivity index (χ0) is 10.5. The summed E-state index contributed by atoms with van der Waals surface area (Å²) >= 11 is 0. The van der Waals surface area contributed by atoms with Crippen LogP contribution in [-0.2, 0) is 0 Å². The van der Waals surface area contributed by atoms with Gasteiger partial charge in [0.05, 0.1) is 0 Å². The highest BCUT2D eigenvalue weighted by Gasteiger charge is 2.30. The van der Waals surface area contributed by atoms with Crippen LogP contribution < -0.4 is 0 Å². The molecule has 0 heterocycles. The maximum Gasteiger partial charge on any atom is 0.115 e. The lowest BCUT2D eigenvalue weighted by Gasteiger charge is -2.40. The van der Waals surface area contributed by atoms with E-state index in [1.54, 1.807) is 0 Å². The van der Waals surface area contributed by atoms with E-state index in [0.29, 0.717) is 0 Å². The lowest BCUT2D eigenvalue weighted by Crippen LogP contribution is -2.55. The smallest absolute Gasteiger partial charge is 0.115 e. The van der Waals surface area contributed by atoms with Gasteiger partial charge in [-0.15, -0.1) is 0 Å². The third-order valence-electron chi connectivity index (χ3n) is 3.37. The molecule has 13 heavy (non-hydrogen) atoms. The lowest BCUT2D eigenvalue weighted by atomic mass is 10.8. The average molecular weight is 218 g/mol. The second-order valence-electron chi connectivity index (χ2n) is 4.42. The third-order valence-corrected chi connectivity index (χ3v) is 13.3. The fourth-order valence-electron chi connectivity index (χ4n) is 2.11. The maximum atomic E-state index is 2.92. The van der Waals surface area contributed by atoms with Crippen LogP contribution in [0.1, 0.15) is 27.7 Å². The Morgan fingerprint density at radius 2 is 1.46 bits per heavy atom. The van der Waals surface area contributed by atoms with Crippen LogP contribution in [0.2, 0.25) is 31.2 Å². The van der Waals surface area contributed by atoms with E-state index in [4.69, 9.17) is 0 Å². The predicted octanol–water partition coefficient (Wildman–Crippen LogP) is 3.30. The van der Waals surface area contributed by atoms with Crippen LogP contribution in [0.4, 0.5) is 0 Å². The first-order valence-corrected chi connectivity index (χ1v) is 11.1. The molecule has 0 amide bonds. The first kappa shape index (κ1) is 13.4. The molecular weight excluding hydrogens is 190 g/mol. The van der Waals surface area contributed by atoms with Crippen molar-refractivity contribution in [3.63, 3.8) is 0 Å². The van der Waals surface area contributed by atoms with E-state index < -0.39 is 17.2 Å². The Balaban J connectivity index is 4.46. The zero-order valence-corrected chi connectivity index (χ0v) is 12.5. The van der Waals surface area contributed by atoms with Crippen molar-refractivity contribution in [2.75, 3.05) is 6.54 Å². The Bertz CT molecular complexity index is 133. The number of rotatable bonds is 6. The molecule has 0 atom stereocenters. The molecule has 0 N–H and O–H groups in total. The molecule has 0 rings (SSSR count). The molecule has 1 nitrogen and oxygen atoms in total. The van der Waals surface area contributed by atoms with Gasteiger partial charge in [-0.3, -0.25) is 0 Å². The van der Waals surface area contributed by atoms with Crippen LogP contribution in [0.15, 0.2) is 0 Å². The van der Waals surface area contributed by atoms with Gasteiger partial charge in [-0.25, -0.2) is 0 Å². The minimum Gasteiger partial charge on any atom is -0.348 e. The summed E-state index contributed by atoms with van der Waals surface area (Å²) in [6.45, 7) is 15.8. The molecule has 0 unspecified atom stereocenters. The molecule has 0 fully saturated rings. The molecule has 0 aromatic carbocycles. The van der Waals surface area contributed by atoms with Gasteiger partial charge in [0.1, 0.15) is 17.2 Å². The predicted molar refractivity (Wildman–Crippen MR) is 68.5 cm³/mol. The van der Waals surface area contributed by atoms with E-state index in [0.717, 1.165) is 0 Å². The van der Waals surface area contributed by atoms with Crippen molar-refractivity contribution in [1.82, 2.24) is 4.23 Å². The largest absolute Gasteiger partial charge is 0.348 e. The third kappa shape index (κ3) is 3.56. The average Bonchev–Trinajstić information content (AvgIpc) is 2.13. The van der Waals surface area contributed by atoms with Crippen molar-refractivity contribution >= 4 is 17.2 Å². The van der Waals surface area contributed by atoms with Gasteiger partial charge in [-0.2, -0.15) is 0 Å². The summed E-state index contributed by atoms with van der Waals surface area (Å²) in [6.07, 6.45) is 0. The van der Waals surface area contributed by atoms with Gasteiger partial charge >= 0.3 is 0 Å². The molecular formula is C10H27NSi2. The Hall–Kier alpha value is 0.394. The van der Waals surface area contributed by atoms with Crippen molar-refractivity contribution in [1.29, 1.82) is 0 Å². The van der Waals surface area contributed by atoms with Crippen LogP contribution in [0.3, 0.4) is 0 Å². The molecule has 0 bridgehead atoms. The lowest BCUT2D eigenvalue weighted by molar-refractivity contribution is 0.649. The second-order valence-corrected chi connectivity index (χ2v) is 13.4. The maximum absolute atomic E-state index is 2.92. The number of nitrogens with zero attached hydrogens (tertiary/aromatic N) is 1. The first-order valence-electron chi connectivity index (χ1n) is 5.80. The van der Waals surface area contributed by atoms with Crippen LogP contribution >= 0.6 is 0 Å². The Labute approximate surface area is 87.3 Å². The van der Waals surface area contributed by atoms with Gasteiger partial charge in [0.15, 0.2) is 0 Å². The van der Waals surface area contributed by atoms with Gasteiger partial charge in [0.2, 0.25) is 0 Å². The Morgan fingerprint density at radius 1 is 1.00 bits per heavy atom. The van der Waals surface area contributed by atoms with Gasteiger partial charge in [-0.05, 0) is 12.6 Å². The van der Waals surface area contributed by atoms with Gasteiger partial charge < -0.3 is 4.23 Å². The van der Waals surface area contributed by atoms with Crippen LogP contribution in [-0.4, -0.2) is 28.0 Å². The fourth-order valence-corrected chi connectivity index (χ4v) is 10.9. The zero-order valence-electron chi connectivity index (χ0n) is 10.4. The number of hydrogen-bond donors (Lipinski definition) is 0. The Morgan fingerprint density at radius 3 is 1.69 bits per heavy atom. The molecule has 0 saturated carbocycles. The highest BCUT2D eigenvalue weighted by atomic mass is 28.4. The SMILES string of the molecule is CCN([SiH](CC)CC)[Si](C)(C)CC. The first-order chi connectivity index (χ1) is 6.03. The summed E-state index contributed by atoms with van der Waals surface area (Å²) < 4.78 is 2.92. The van der Waals surface area contributed by atoms with Crippen molar-refractivity contribution in [2.24, 2.45) is 0 Å². The fraction of sp³-hybridized carbons (Fsp3) is 1.00. The van der Waals surface area contributed by atoms with Crippen molar-refractivity contribution in [3.8, 4) is 0 Å². The van der Waals surface area contributed by atoms with Gasteiger partial charge in [0, 0.05) is 0 Å². The molecule has 0 radical (unpaired) electrons. The normalized spacial score (nSPS) is 12.9. The van der Waals surface area contributed by atoms with E-state index in [2.05, 4.69) is 45.0 Å². The molecule has 0 aliphatic carbocycles. The molecule has 0 spiro atoms. The van der Waals surface area contributed by atoms with E-state index >= 15 is 0 Å². The summed E-state index contributed by atoms with van der Waals surface area (Å²) in [5.41, 5.74) is 0. The topological polar surface area (TPSA) is 3.24 Å². The summed E-state index contributed by atoms with van der Waals surface area (Å²) in [6, 6.07) is 4.30. The summed E-state index contributed by atoms with van der Waals surface area (Å²) in [5.74, 6) is 0. The van der Waals surface area contributed by atoms with E-state index in [1.807, 2.05) is 0 Å². The summed E-state index contributed by atoms with van der Waals surface area (Å²) in [5, 5.41) is 0. The highest BCUT2D eigenvalue weighted by Crippen LogP contribution is 2.19. The molecule has 3 heteroatoms. The van der Waals surface area contributed by atoms with Crippen molar-refractivity contribution in [2.45, 2.75) is 58.9 Å². The van der Waals surface area contributed by atoms with Crippen LogP contribution in [0.5, 0.6) is 0 Å². The molecule has 0 aliphatic heterocycles. The number of hydrogen-bond acceptors (Lipinski definition) is 1. The van der Waals surface area contributed by atoms with Crippen molar-refractivity contribution in [3.05, 3.63) is 0 Å². The second kappa shape index (κ2) is 5.99. The van der Waals surface area contributed by atoms with Crippen molar-refractivity contribution < 1.29 is 0 Å². The molecule has 0 aromatic rings.